The van der Waals surface area contributed by atoms with E-state index in [0.717, 1.165) is 63.9 Å². The predicted octanol–water partition coefficient (Wildman–Crippen LogP) is 1.84. The van der Waals surface area contributed by atoms with Gasteiger partial charge in [0, 0.05) is 38.7 Å². The molecule has 19 heavy (non-hydrogen) atoms. The third-order valence-electron chi connectivity index (χ3n) is 3.13. The summed E-state index contributed by atoms with van der Waals surface area (Å²) in [5.74, 6) is 1.93. The lowest BCUT2D eigenvalue weighted by atomic mass is 10.3. The summed E-state index contributed by atoms with van der Waals surface area (Å²) >= 11 is 5.18. The molecule has 2 rings (SSSR count). The highest BCUT2D eigenvalue weighted by Crippen LogP contribution is 2.05. The van der Waals surface area contributed by atoms with Crippen LogP contribution in [0, 0.1) is 4.64 Å². The number of H-pyrrole nitrogens is 1. The van der Waals surface area contributed by atoms with Crippen molar-refractivity contribution < 1.29 is 4.74 Å². The molecular weight excluding hydrogens is 260 g/mol. The van der Waals surface area contributed by atoms with Crippen molar-refractivity contribution in [1.29, 1.82) is 0 Å². The van der Waals surface area contributed by atoms with E-state index in [2.05, 4.69) is 27.1 Å². The molecule has 0 bridgehead atoms. The number of aryl methyl sites for hydroxylation is 1. The minimum atomic E-state index is 0.649. The molecule has 1 aromatic heterocycles. The summed E-state index contributed by atoms with van der Waals surface area (Å²) in [4.78, 5) is 10.0. The Morgan fingerprint density at radius 2 is 2.26 bits per heavy atom. The Balaban J connectivity index is 1.82. The minimum absolute atomic E-state index is 0.649. The number of rotatable bonds is 6. The van der Waals surface area contributed by atoms with Crippen molar-refractivity contribution in [3.05, 3.63) is 16.5 Å². The van der Waals surface area contributed by atoms with Crippen molar-refractivity contribution in [1.82, 2.24) is 14.9 Å². The Morgan fingerprint density at radius 3 is 3.00 bits per heavy atom. The first-order valence-corrected chi connectivity index (χ1v) is 7.33. The van der Waals surface area contributed by atoms with E-state index >= 15 is 0 Å². The third kappa shape index (κ3) is 4.89. The van der Waals surface area contributed by atoms with Crippen molar-refractivity contribution in [3.63, 3.8) is 0 Å². The van der Waals surface area contributed by atoms with Crippen molar-refractivity contribution in [3.8, 4) is 0 Å². The van der Waals surface area contributed by atoms with E-state index in [-0.39, 0.29) is 0 Å². The van der Waals surface area contributed by atoms with E-state index in [1.165, 1.54) is 0 Å². The summed E-state index contributed by atoms with van der Waals surface area (Å²) in [5.41, 5.74) is 0. The van der Waals surface area contributed by atoms with Crippen molar-refractivity contribution in [2.45, 2.75) is 19.8 Å². The number of ether oxygens (including phenoxy) is 1. The maximum Gasteiger partial charge on any atom is 0.131 e. The highest BCUT2D eigenvalue weighted by molar-refractivity contribution is 7.71. The molecule has 1 saturated heterocycles. The van der Waals surface area contributed by atoms with Gasteiger partial charge in [-0.3, -0.25) is 4.90 Å². The zero-order chi connectivity index (χ0) is 13.5. The molecule has 0 amide bonds. The Kier molecular flexibility index (Phi) is 5.75. The van der Waals surface area contributed by atoms with Gasteiger partial charge in [-0.1, -0.05) is 19.1 Å². The predicted molar refractivity (Wildman–Crippen MR) is 79.2 cm³/mol. The molecule has 1 aliphatic heterocycles. The Bertz CT molecular complexity index is 443. The van der Waals surface area contributed by atoms with E-state index < -0.39 is 0 Å². The Hall–Kier alpha value is -0.980. The van der Waals surface area contributed by atoms with Gasteiger partial charge >= 0.3 is 0 Å². The molecule has 1 aliphatic rings. The van der Waals surface area contributed by atoms with E-state index in [9.17, 15) is 0 Å². The monoisotopic (exact) mass is 282 g/mol. The molecule has 0 radical (unpaired) electrons. The third-order valence-corrected chi connectivity index (χ3v) is 3.34. The fourth-order valence-electron chi connectivity index (χ4n) is 2.13. The Labute approximate surface area is 119 Å². The van der Waals surface area contributed by atoms with Gasteiger partial charge in [0.15, 0.2) is 0 Å². The van der Waals surface area contributed by atoms with Gasteiger partial charge in [0.05, 0.1) is 13.2 Å². The van der Waals surface area contributed by atoms with Crippen LogP contribution in [0.5, 0.6) is 0 Å². The van der Waals surface area contributed by atoms with E-state index in [1.54, 1.807) is 0 Å². The molecule has 5 nitrogen and oxygen atoms in total. The van der Waals surface area contributed by atoms with Crippen molar-refractivity contribution in [2.75, 3.05) is 44.7 Å². The lowest BCUT2D eigenvalue weighted by Crippen LogP contribution is -2.39. The van der Waals surface area contributed by atoms with Gasteiger partial charge in [0.2, 0.25) is 0 Å². The number of nitrogens with zero attached hydrogens (tertiary/aromatic N) is 2. The van der Waals surface area contributed by atoms with Gasteiger partial charge in [0.25, 0.3) is 0 Å². The molecule has 0 unspecified atom stereocenters. The number of nitrogens with one attached hydrogen (secondary N) is 2. The zero-order valence-corrected chi connectivity index (χ0v) is 12.3. The number of hydrogen-bond donors (Lipinski definition) is 2. The molecule has 6 heteroatoms. The lowest BCUT2D eigenvalue weighted by Gasteiger charge is -2.26. The summed E-state index contributed by atoms with van der Waals surface area (Å²) in [7, 11) is 0. The standard InChI is InChI=1S/C13H22N4OS/c1-2-3-11-15-12(10-13(19)16-11)14-4-5-17-6-8-18-9-7-17/h10H,2-9H2,1H3,(H2,14,15,16,19). The van der Waals surface area contributed by atoms with Gasteiger partial charge in [-0.15, -0.1) is 0 Å². The van der Waals surface area contributed by atoms with Crippen LogP contribution in [0.3, 0.4) is 0 Å². The second kappa shape index (κ2) is 7.57. The van der Waals surface area contributed by atoms with Crippen LogP contribution in [0.25, 0.3) is 0 Å². The van der Waals surface area contributed by atoms with Crippen LogP contribution in [-0.2, 0) is 11.2 Å². The first-order valence-electron chi connectivity index (χ1n) is 6.92. The number of aromatic nitrogens is 2. The van der Waals surface area contributed by atoms with Gasteiger partial charge in [-0.2, -0.15) is 0 Å². The number of aromatic amines is 1. The van der Waals surface area contributed by atoms with Crippen LogP contribution in [0.2, 0.25) is 0 Å². The van der Waals surface area contributed by atoms with Gasteiger partial charge < -0.3 is 15.0 Å². The number of anilines is 1. The molecule has 0 aliphatic carbocycles. The van der Waals surface area contributed by atoms with Gasteiger partial charge in [0.1, 0.15) is 16.3 Å². The molecule has 1 aromatic rings. The summed E-state index contributed by atoms with van der Waals surface area (Å²) in [5, 5.41) is 3.39. The lowest BCUT2D eigenvalue weighted by molar-refractivity contribution is 0.0398. The highest BCUT2D eigenvalue weighted by Gasteiger charge is 2.09. The second-order valence-corrected chi connectivity index (χ2v) is 5.13. The SMILES string of the molecule is CCCc1nc(=S)cc(NCCN2CCOCC2)[nH]1. The van der Waals surface area contributed by atoms with Crippen LogP contribution >= 0.6 is 12.2 Å². The highest BCUT2D eigenvalue weighted by atomic mass is 32.1. The summed E-state index contributed by atoms with van der Waals surface area (Å²) < 4.78 is 5.98. The van der Waals surface area contributed by atoms with Crippen LogP contribution in [0.1, 0.15) is 19.2 Å². The van der Waals surface area contributed by atoms with Crippen LogP contribution in [-0.4, -0.2) is 54.3 Å². The molecule has 2 N–H and O–H groups in total. The molecule has 0 atom stereocenters. The molecule has 1 fully saturated rings. The van der Waals surface area contributed by atoms with Crippen LogP contribution < -0.4 is 5.32 Å². The molecule has 0 aromatic carbocycles. The second-order valence-electron chi connectivity index (χ2n) is 4.71. The summed E-state index contributed by atoms with van der Waals surface area (Å²) in [6.07, 6.45) is 2.00. The fraction of sp³-hybridized carbons (Fsp3) is 0.692. The van der Waals surface area contributed by atoms with Crippen molar-refractivity contribution >= 4 is 18.0 Å². The smallest absolute Gasteiger partial charge is 0.131 e. The number of hydrogen-bond acceptors (Lipinski definition) is 5. The quantitative estimate of drug-likeness (QED) is 0.780. The van der Waals surface area contributed by atoms with Gasteiger partial charge in [-0.25, -0.2) is 4.98 Å². The average Bonchev–Trinajstić information content (AvgIpc) is 2.40. The van der Waals surface area contributed by atoms with E-state index in [1.807, 2.05) is 6.07 Å². The summed E-state index contributed by atoms with van der Waals surface area (Å²) in [6.45, 7) is 7.80. The zero-order valence-electron chi connectivity index (χ0n) is 11.4. The van der Waals surface area contributed by atoms with Crippen LogP contribution in [0.15, 0.2) is 6.07 Å². The Morgan fingerprint density at radius 1 is 1.47 bits per heavy atom. The first-order chi connectivity index (χ1) is 9.28. The molecule has 0 spiro atoms. The van der Waals surface area contributed by atoms with E-state index in [4.69, 9.17) is 17.0 Å². The maximum atomic E-state index is 5.33. The normalized spacial score (nSPS) is 16.5. The first kappa shape index (κ1) is 14.4. The molecule has 106 valence electrons. The largest absolute Gasteiger partial charge is 0.379 e. The topological polar surface area (TPSA) is 53.2 Å². The summed E-state index contributed by atoms with van der Waals surface area (Å²) in [6, 6.07) is 1.88. The fourth-order valence-corrected chi connectivity index (χ4v) is 2.36. The molecular formula is C13H22N4OS. The minimum Gasteiger partial charge on any atom is -0.379 e. The number of morpholine rings is 1. The average molecular weight is 282 g/mol. The van der Waals surface area contributed by atoms with Gasteiger partial charge in [-0.05, 0) is 6.42 Å². The molecule has 0 saturated carbocycles. The van der Waals surface area contributed by atoms with E-state index in [0.29, 0.717) is 4.64 Å². The van der Waals surface area contributed by atoms with Crippen LogP contribution in [0.4, 0.5) is 5.82 Å². The van der Waals surface area contributed by atoms with Crippen molar-refractivity contribution in [2.24, 2.45) is 0 Å². The molecule has 2 heterocycles. The maximum absolute atomic E-state index is 5.33.